The molecule has 11 heteroatoms. The number of anilines is 2. The number of hydrogen-bond donors (Lipinski definition) is 1. The minimum absolute atomic E-state index is 0.0403. The van der Waals surface area contributed by atoms with E-state index < -0.39 is 26.8 Å². The second-order valence-electron chi connectivity index (χ2n) is 9.72. The Morgan fingerprint density at radius 1 is 1.00 bits per heavy atom. The molecular weight excluding hydrogens is 517 g/mol. The Balaban J connectivity index is 1.19. The molecule has 38 heavy (non-hydrogen) atoms. The predicted molar refractivity (Wildman–Crippen MR) is 138 cm³/mol. The van der Waals surface area contributed by atoms with E-state index in [4.69, 9.17) is 4.74 Å². The smallest absolute Gasteiger partial charge is 0.417 e. The van der Waals surface area contributed by atoms with Crippen molar-refractivity contribution in [3.63, 3.8) is 0 Å². The molecule has 1 fully saturated rings. The predicted octanol–water partition coefficient (Wildman–Crippen LogP) is 5.26. The summed E-state index contributed by atoms with van der Waals surface area (Å²) in [6.07, 6.45) is 1.10. The average Bonchev–Trinajstić information content (AvgIpc) is 2.92. The van der Waals surface area contributed by atoms with Crippen LogP contribution in [0.3, 0.4) is 0 Å². The molecule has 0 bridgehead atoms. The number of benzene rings is 1. The fraction of sp³-hybridized carbons (Fsp3) is 0.407. The van der Waals surface area contributed by atoms with Crippen molar-refractivity contribution in [3.8, 4) is 5.88 Å². The molecule has 7 nitrogen and oxygen atoms in total. The Bertz CT molecular complexity index is 1360. The first-order valence-electron chi connectivity index (χ1n) is 12.5. The molecule has 0 amide bonds. The number of ether oxygens (including phenoxy) is 1. The first-order valence-corrected chi connectivity index (χ1v) is 14.1. The van der Waals surface area contributed by atoms with Gasteiger partial charge >= 0.3 is 6.18 Å². The van der Waals surface area contributed by atoms with Crippen LogP contribution in [0, 0.1) is 0 Å². The third-order valence-electron chi connectivity index (χ3n) is 7.39. The minimum Gasteiger partial charge on any atom is -0.481 e. The molecule has 0 radical (unpaired) electrons. The van der Waals surface area contributed by atoms with E-state index in [1.54, 1.807) is 25.4 Å². The van der Waals surface area contributed by atoms with Crippen LogP contribution in [-0.4, -0.2) is 43.3 Å². The maximum absolute atomic E-state index is 13.3. The fourth-order valence-electron chi connectivity index (χ4n) is 5.25. The maximum Gasteiger partial charge on any atom is 0.417 e. The number of rotatable bonds is 6. The highest BCUT2D eigenvalue weighted by Crippen LogP contribution is 2.34. The summed E-state index contributed by atoms with van der Waals surface area (Å²) in [5.74, 6) is 0.972. The molecule has 1 saturated carbocycles. The van der Waals surface area contributed by atoms with Crippen molar-refractivity contribution in [2.45, 2.75) is 61.0 Å². The summed E-state index contributed by atoms with van der Waals surface area (Å²) in [7, 11) is -1.90. The lowest BCUT2D eigenvalue weighted by Gasteiger charge is -2.31. The lowest BCUT2D eigenvalue weighted by atomic mass is 9.95. The Hall–Kier alpha value is -3.34. The number of fused-ring (bicyclic) bond motifs is 1. The SMILES string of the molecule is COc1nccc2c1CN(c1ccc(S(=O)(=O)C3CCC(Nc4ccc(C(F)(F)F)cn4)CC3)cc1)CC2. The standard InChI is InChI=1S/C27H29F3N4O3S/c1-37-26-24-17-34(15-13-18(24)12-14-31-26)21-5-9-23(10-6-21)38(35,36)22-7-3-20(4-8-22)33-25-11-2-19(16-32-25)27(28,29)30/h2,5-6,9-12,14,16,20,22H,3-4,7-8,13,15,17H2,1H3,(H,32,33). The molecule has 3 aromatic rings. The fourth-order valence-corrected chi connectivity index (χ4v) is 7.04. The lowest BCUT2D eigenvalue weighted by Crippen LogP contribution is -2.33. The van der Waals surface area contributed by atoms with Crippen molar-refractivity contribution < 1.29 is 26.3 Å². The Morgan fingerprint density at radius 2 is 1.74 bits per heavy atom. The third kappa shape index (κ3) is 5.43. The van der Waals surface area contributed by atoms with Crippen LogP contribution in [0.25, 0.3) is 0 Å². The molecule has 2 aliphatic rings. The van der Waals surface area contributed by atoms with E-state index in [9.17, 15) is 21.6 Å². The van der Waals surface area contributed by atoms with Crippen molar-refractivity contribution >= 4 is 21.3 Å². The Kier molecular flexibility index (Phi) is 7.21. The molecule has 3 heterocycles. The van der Waals surface area contributed by atoms with Gasteiger partial charge in [-0.05, 0) is 80.1 Å². The van der Waals surface area contributed by atoms with Gasteiger partial charge in [0.25, 0.3) is 0 Å². The van der Waals surface area contributed by atoms with E-state index in [0.29, 0.717) is 48.8 Å². The van der Waals surface area contributed by atoms with Gasteiger partial charge in [0.05, 0.1) is 22.8 Å². The van der Waals surface area contributed by atoms with Crippen molar-refractivity contribution in [2.75, 3.05) is 23.9 Å². The molecule has 0 saturated heterocycles. The molecular formula is C27H29F3N4O3S. The lowest BCUT2D eigenvalue weighted by molar-refractivity contribution is -0.137. The van der Waals surface area contributed by atoms with Gasteiger partial charge in [0, 0.05) is 42.8 Å². The zero-order valence-electron chi connectivity index (χ0n) is 20.9. The van der Waals surface area contributed by atoms with Crippen LogP contribution in [0.4, 0.5) is 24.7 Å². The van der Waals surface area contributed by atoms with E-state index in [1.165, 1.54) is 11.6 Å². The van der Waals surface area contributed by atoms with Gasteiger partial charge in [-0.15, -0.1) is 0 Å². The minimum atomic E-state index is -4.43. The van der Waals surface area contributed by atoms with Gasteiger partial charge in [0.2, 0.25) is 5.88 Å². The second kappa shape index (κ2) is 10.4. The number of alkyl halides is 3. The summed E-state index contributed by atoms with van der Waals surface area (Å²) in [6.45, 7) is 1.46. The van der Waals surface area contributed by atoms with Gasteiger partial charge in [-0.3, -0.25) is 0 Å². The first kappa shape index (κ1) is 26.3. The molecule has 0 atom stereocenters. The summed E-state index contributed by atoms with van der Waals surface area (Å²) >= 11 is 0. The average molecular weight is 547 g/mol. The Morgan fingerprint density at radius 3 is 2.37 bits per heavy atom. The third-order valence-corrected chi connectivity index (χ3v) is 9.67. The monoisotopic (exact) mass is 546 g/mol. The van der Waals surface area contributed by atoms with E-state index >= 15 is 0 Å². The highest BCUT2D eigenvalue weighted by molar-refractivity contribution is 7.92. The number of sulfone groups is 1. The van der Waals surface area contributed by atoms with Gasteiger partial charge in [-0.1, -0.05) is 0 Å². The highest BCUT2D eigenvalue weighted by Gasteiger charge is 2.33. The molecule has 0 spiro atoms. The summed E-state index contributed by atoms with van der Waals surface area (Å²) in [5.41, 5.74) is 2.41. The van der Waals surface area contributed by atoms with Crippen LogP contribution in [0.15, 0.2) is 59.8 Å². The van der Waals surface area contributed by atoms with Gasteiger partial charge in [0.15, 0.2) is 9.84 Å². The first-order chi connectivity index (χ1) is 18.1. The van der Waals surface area contributed by atoms with E-state index in [0.717, 1.165) is 36.5 Å². The Labute approximate surface area is 220 Å². The molecule has 0 unspecified atom stereocenters. The van der Waals surface area contributed by atoms with E-state index in [1.807, 2.05) is 18.2 Å². The molecule has 2 aromatic heterocycles. The van der Waals surface area contributed by atoms with Gasteiger partial charge < -0.3 is 15.0 Å². The largest absolute Gasteiger partial charge is 0.481 e. The van der Waals surface area contributed by atoms with Crippen LogP contribution in [0.5, 0.6) is 5.88 Å². The summed E-state index contributed by atoms with van der Waals surface area (Å²) < 4.78 is 70.3. The van der Waals surface area contributed by atoms with Crippen LogP contribution >= 0.6 is 0 Å². The molecule has 1 N–H and O–H groups in total. The van der Waals surface area contributed by atoms with E-state index in [-0.39, 0.29) is 6.04 Å². The van der Waals surface area contributed by atoms with Crippen LogP contribution in [-0.2, 0) is 29.0 Å². The van der Waals surface area contributed by atoms with Crippen molar-refractivity contribution in [1.29, 1.82) is 0 Å². The van der Waals surface area contributed by atoms with Crippen molar-refractivity contribution in [2.24, 2.45) is 0 Å². The summed E-state index contributed by atoms with van der Waals surface area (Å²) in [5, 5.41) is 2.64. The number of hydrogen-bond acceptors (Lipinski definition) is 7. The number of halogens is 3. The normalized spacial score (nSPS) is 20.1. The van der Waals surface area contributed by atoms with Gasteiger partial charge in [-0.2, -0.15) is 13.2 Å². The molecule has 1 aliphatic heterocycles. The molecule has 1 aliphatic carbocycles. The van der Waals surface area contributed by atoms with Crippen LogP contribution < -0.4 is 15.0 Å². The second-order valence-corrected chi connectivity index (χ2v) is 11.9. The number of methoxy groups -OCH3 is 1. The van der Waals surface area contributed by atoms with Crippen molar-refractivity contribution in [3.05, 3.63) is 71.5 Å². The van der Waals surface area contributed by atoms with Crippen molar-refractivity contribution in [1.82, 2.24) is 9.97 Å². The number of nitrogens with zero attached hydrogens (tertiary/aromatic N) is 3. The number of aromatic nitrogens is 2. The van der Waals surface area contributed by atoms with Crippen LogP contribution in [0.2, 0.25) is 0 Å². The zero-order valence-corrected chi connectivity index (χ0v) is 21.7. The number of pyridine rings is 2. The molecule has 202 valence electrons. The summed E-state index contributed by atoms with van der Waals surface area (Å²) in [4.78, 5) is 10.7. The quantitative estimate of drug-likeness (QED) is 0.451. The molecule has 1 aromatic carbocycles. The van der Waals surface area contributed by atoms with E-state index in [2.05, 4.69) is 20.2 Å². The maximum atomic E-state index is 13.3. The summed E-state index contributed by atoms with van der Waals surface area (Å²) in [6, 6.07) is 11.3. The number of nitrogens with one attached hydrogen (secondary N) is 1. The zero-order chi connectivity index (χ0) is 26.9. The van der Waals surface area contributed by atoms with Crippen LogP contribution in [0.1, 0.15) is 42.4 Å². The van der Waals surface area contributed by atoms with Gasteiger partial charge in [0.1, 0.15) is 5.82 Å². The van der Waals surface area contributed by atoms with Gasteiger partial charge in [-0.25, -0.2) is 18.4 Å². The highest BCUT2D eigenvalue weighted by atomic mass is 32.2. The molecule has 5 rings (SSSR count). The topological polar surface area (TPSA) is 84.4 Å².